The van der Waals surface area contributed by atoms with Crippen LogP contribution < -0.4 is 11.5 Å². The number of anilines is 2. The number of ether oxygens (including phenoxy) is 1. The molecule has 5 nitrogen and oxygen atoms in total. The quantitative estimate of drug-likeness (QED) is 0.368. The maximum atomic E-state index is 11.4. The number of benzene rings is 1. The van der Waals surface area contributed by atoms with E-state index >= 15 is 0 Å². The molecule has 0 atom stereocenters. The minimum atomic E-state index is -0.966. The van der Waals surface area contributed by atoms with E-state index in [1.54, 1.807) is 19.3 Å². The maximum absolute atomic E-state index is 11.4. The molecule has 122 valence electrons. The number of allylic oxidation sites excluding steroid dienone is 1. The molecule has 0 saturated heterocycles. The zero-order chi connectivity index (χ0) is 16.5. The summed E-state index contributed by atoms with van der Waals surface area (Å²) in [4.78, 5) is 11.4. The SMILES string of the molecule is CC=COCCCCCCc1c(N)cc(N)c(C)c1C(=O)O. The maximum Gasteiger partial charge on any atom is 0.336 e. The van der Waals surface area contributed by atoms with Crippen molar-refractivity contribution in [2.24, 2.45) is 0 Å². The lowest BCUT2D eigenvalue weighted by atomic mass is 9.94. The van der Waals surface area contributed by atoms with Gasteiger partial charge in [0.05, 0.1) is 18.4 Å². The summed E-state index contributed by atoms with van der Waals surface area (Å²) in [6.07, 6.45) is 8.17. The van der Waals surface area contributed by atoms with Crippen LogP contribution in [0.5, 0.6) is 0 Å². The topological polar surface area (TPSA) is 98.6 Å². The summed E-state index contributed by atoms with van der Waals surface area (Å²) in [6.45, 7) is 4.35. The largest absolute Gasteiger partial charge is 0.502 e. The second-order valence-electron chi connectivity index (χ2n) is 5.34. The van der Waals surface area contributed by atoms with Crippen molar-refractivity contribution in [3.8, 4) is 0 Å². The van der Waals surface area contributed by atoms with Gasteiger partial charge in [0.15, 0.2) is 0 Å². The first-order valence-corrected chi connectivity index (χ1v) is 7.62. The van der Waals surface area contributed by atoms with E-state index in [2.05, 4.69) is 0 Å². The Morgan fingerprint density at radius 2 is 1.91 bits per heavy atom. The molecule has 0 aliphatic rings. The van der Waals surface area contributed by atoms with Crippen LogP contribution >= 0.6 is 0 Å². The second-order valence-corrected chi connectivity index (χ2v) is 5.34. The number of hydrogen-bond acceptors (Lipinski definition) is 4. The zero-order valence-electron chi connectivity index (χ0n) is 13.4. The highest BCUT2D eigenvalue weighted by molar-refractivity contribution is 5.95. The second kappa shape index (κ2) is 8.97. The summed E-state index contributed by atoms with van der Waals surface area (Å²) in [5, 5.41) is 9.38. The first-order valence-electron chi connectivity index (χ1n) is 7.62. The van der Waals surface area contributed by atoms with Crippen molar-refractivity contribution < 1.29 is 14.6 Å². The Morgan fingerprint density at radius 1 is 1.23 bits per heavy atom. The van der Waals surface area contributed by atoms with Crippen LogP contribution in [0.2, 0.25) is 0 Å². The summed E-state index contributed by atoms with van der Waals surface area (Å²) in [6, 6.07) is 1.65. The van der Waals surface area contributed by atoms with Gasteiger partial charge in [0.25, 0.3) is 0 Å². The Morgan fingerprint density at radius 3 is 2.55 bits per heavy atom. The number of hydrogen-bond donors (Lipinski definition) is 3. The molecule has 0 fully saturated rings. The summed E-state index contributed by atoms with van der Waals surface area (Å²) >= 11 is 0. The average Bonchev–Trinajstić information content (AvgIpc) is 2.46. The fraction of sp³-hybridized carbons (Fsp3) is 0.471. The van der Waals surface area contributed by atoms with Gasteiger partial charge in [-0.2, -0.15) is 0 Å². The molecule has 1 aromatic rings. The Bertz CT molecular complexity index is 539. The van der Waals surface area contributed by atoms with Crippen LogP contribution in [0.25, 0.3) is 0 Å². The summed E-state index contributed by atoms with van der Waals surface area (Å²) in [7, 11) is 0. The molecule has 1 aromatic carbocycles. The van der Waals surface area contributed by atoms with Gasteiger partial charge >= 0.3 is 5.97 Å². The predicted molar refractivity (Wildman–Crippen MR) is 89.9 cm³/mol. The van der Waals surface area contributed by atoms with Crippen LogP contribution in [-0.4, -0.2) is 17.7 Å². The van der Waals surface area contributed by atoms with Crippen molar-refractivity contribution in [3.63, 3.8) is 0 Å². The Balaban J connectivity index is 2.56. The lowest BCUT2D eigenvalue weighted by Crippen LogP contribution is -2.11. The molecule has 0 aliphatic heterocycles. The highest BCUT2D eigenvalue weighted by atomic mass is 16.5. The number of unbranched alkanes of at least 4 members (excludes halogenated alkanes) is 3. The molecule has 22 heavy (non-hydrogen) atoms. The lowest BCUT2D eigenvalue weighted by molar-refractivity contribution is 0.0695. The molecule has 5 heteroatoms. The third-order valence-electron chi connectivity index (χ3n) is 3.65. The summed E-state index contributed by atoms with van der Waals surface area (Å²) in [5.41, 5.74) is 14.2. The average molecular weight is 306 g/mol. The number of nitrogens with two attached hydrogens (primary N) is 2. The molecule has 5 N–H and O–H groups in total. The Hall–Kier alpha value is -2.17. The Kier molecular flexibility index (Phi) is 7.29. The lowest BCUT2D eigenvalue weighted by Gasteiger charge is -2.14. The first-order chi connectivity index (χ1) is 10.5. The molecule has 0 amide bonds. The molecule has 0 radical (unpaired) electrons. The highest BCUT2D eigenvalue weighted by Crippen LogP contribution is 2.28. The molecule has 0 spiro atoms. The van der Waals surface area contributed by atoms with Gasteiger partial charge in [0.2, 0.25) is 0 Å². The predicted octanol–water partition coefficient (Wildman–Crippen LogP) is 3.51. The number of carboxylic acid groups (broad SMARTS) is 1. The minimum Gasteiger partial charge on any atom is -0.502 e. The van der Waals surface area contributed by atoms with Crippen molar-refractivity contribution in [1.82, 2.24) is 0 Å². The molecule has 0 aromatic heterocycles. The van der Waals surface area contributed by atoms with Crippen molar-refractivity contribution in [1.29, 1.82) is 0 Å². The van der Waals surface area contributed by atoms with E-state index in [1.807, 2.05) is 13.0 Å². The van der Waals surface area contributed by atoms with E-state index in [0.29, 0.717) is 35.5 Å². The van der Waals surface area contributed by atoms with Gasteiger partial charge in [-0.05, 0) is 50.3 Å². The van der Waals surface area contributed by atoms with Crippen molar-refractivity contribution in [3.05, 3.63) is 35.1 Å². The van der Waals surface area contributed by atoms with Gasteiger partial charge in [0, 0.05) is 11.4 Å². The highest BCUT2D eigenvalue weighted by Gasteiger charge is 2.18. The Labute approximate surface area is 132 Å². The number of aromatic carboxylic acids is 1. The molecule has 0 saturated carbocycles. The number of nitrogen functional groups attached to an aromatic ring is 2. The molecule has 1 rings (SSSR count). The number of carboxylic acids is 1. The standard InChI is InChI=1S/C17H26N2O3/c1-3-9-22-10-7-5-4-6-8-13-15(19)11-14(18)12(2)16(13)17(20)21/h3,9,11H,4-8,10,18-19H2,1-2H3,(H,20,21). The van der Waals surface area contributed by atoms with Crippen molar-refractivity contribution in [2.45, 2.75) is 46.0 Å². The monoisotopic (exact) mass is 306 g/mol. The first kappa shape index (κ1) is 17.9. The smallest absolute Gasteiger partial charge is 0.336 e. The van der Waals surface area contributed by atoms with Gasteiger partial charge in [-0.25, -0.2) is 4.79 Å². The van der Waals surface area contributed by atoms with Crippen LogP contribution in [0, 0.1) is 6.92 Å². The van der Waals surface area contributed by atoms with Crippen LogP contribution in [0.4, 0.5) is 11.4 Å². The molecule has 0 aliphatic carbocycles. The van der Waals surface area contributed by atoms with E-state index in [-0.39, 0.29) is 5.56 Å². The van der Waals surface area contributed by atoms with Gasteiger partial charge in [-0.1, -0.05) is 18.9 Å². The van der Waals surface area contributed by atoms with Gasteiger partial charge in [0.1, 0.15) is 0 Å². The molecule has 0 heterocycles. The molecular weight excluding hydrogens is 280 g/mol. The van der Waals surface area contributed by atoms with E-state index in [4.69, 9.17) is 16.2 Å². The number of carbonyl (C=O) groups is 1. The van der Waals surface area contributed by atoms with E-state index < -0.39 is 5.97 Å². The van der Waals surface area contributed by atoms with Crippen LogP contribution in [-0.2, 0) is 11.2 Å². The van der Waals surface area contributed by atoms with Crippen LogP contribution in [0.1, 0.15) is 54.1 Å². The molecular formula is C17H26N2O3. The minimum absolute atomic E-state index is 0.258. The third kappa shape index (κ3) is 4.98. The van der Waals surface area contributed by atoms with Gasteiger partial charge in [-0.3, -0.25) is 0 Å². The van der Waals surface area contributed by atoms with Crippen LogP contribution in [0.3, 0.4) is 0 Å². The normalized spacial score (nSPS) is 11.0. The van der Waals surface area contributed by atoms with E-state index in [9.17, 15) is 9.90 Å². The number of rotatable bonds is 9. The van der Waals surface area contributed by atoms with Gasteiger partial charge < -0.3 is 21.3 Å². The summed E-state index contributed by atoms with van der Waals surface area (Å²) in [5.74, 6) is -0.966. The zero-order valence-corrected chi connectivity index (χ0v) is 13.4. The van der Waals surface area contributed by atoms with Crippen LogP contribution in [0.15, 0.2) is 18.4 Å². The molecule has 0 bridgehead atoms. The van der Waals surface area contributed by atoms with Gasteiger partial charge in [-0.15, -0.1) is 0 Å². The van der Waals surface area contributed by atoms with Crippen molar-refractivity contribution in [2.75, 3.05) is 18.1 Å². The summed E-state index contributed by atoms with van der Waals surface area (Å²) < 4.78 is 5.25. The van der Waals surface area contributed by atoms with E-state index in [0.717, 1.165) is 25.7 Å². The van der Waals surface area contributed by atoms with E-state index in [1.165, 1.54) is 0 Å². The van der Waals surface area contributed by atoms with Crippen molar-refractivity contribution >= 4 is 17.3 Å². The fourth-order valence-electron chi connectivity index (χ4n) is 2.44. The molecule has 0 unspecified atom stereocenters. The fourth-order valence-corrected chi connectivity index (χ4v) is 2.44. The third-order valence-corrected chi connectivity index (χ3v) is 3.65.